The van der Waals surface area contributed by atoms with Crippen LogP contribution in [0.15, 0.2) is 35.3 Å². The van der Waals surface area contributed by atoms with Gasteiger partial charge in [0.05, 0.1) is 6.26 Å². The maximum absolute atomic E-state index is 11.4. The highest BCUT2D eigenvalue weighted by atomic mass is 16.5. The summed E-state index contributed by atoms with van der Waals surface area (Å²) < 4.78 is 5.51. The third-order valence-electron chi connectivity index (χ3n) is 3.43. The van der Waals surface area contributed by atoms with Crippen molar-refractivity contribution < 1.29 is 19.4 Å². The average Bonchev–Trinajstić information content (AvgIpc) is 2.72. The molecule has 0 spiro atoms. The molecule has 0 saturated carbocycles. The monoisotopic (exact) mass is 248 g/mol. The number of rotatable bonds is 4. The second-order valence-electron chi connectivity index (χ2n) is 5.23. The lowest BCUT2D eigenvalue weighted by Crippen LogP contribution is -2.24. The zero-order valence-corrected chi connectivity index (χ0v) is 10.5. The Morgan fingerprint density at radius 1 is 1.39 bits per heavy atom. The van der Waals surface area contributed by atoms with Crippen LogP contribution in [0.1, 0.15) is 33.1 Å². The molecule has 1 heterocycles. The molecule has 1 aliphatic heterocycles. The maximum atomic E-state index is 11.4. The number of fused-ring (bicyclic) bond motifs is 1. The van der Waals surface area contributed by atoms with Crippen LogP contribution in [-0.2, 0) is 14.3 Å². The predicted octanol–water partition coefficient (Wildman–Crippen LogP) is 2.57. The van der Waals surface area contributed by atoms with E-state index in [0.717, 1.165) is 29.7 Å². The summed E-state index contributed by atoms with van der Waals surface area (Å²) in [5.74, 6) is -1.30. The number of ether oxygens (including phenoxy) is 1. The first-order chi connectivity index (χ1) is 8.42. The Balaban J connectivity index is 2.26. The van der Waals surface area contributed by atoms with Gasteiger partial charge in [0.2, 0.25) is 5.78 Å². The molecule has 0 atom stereocenters. The van der Waals surface area contributed by atoms with E-state index in [1.807, 2.05) is 26.0 Å². The predicted molar refractivity (Wildman–Crippen MR) is 65.6 cm³/mol. The highest BCUT2D eigenvalue weighted by Gasteiger charge is 2.36. The number of Topliss-reactive ketones (excluding diaryl/α,β-unsaturated/α-hetero) is 1. The maximum Gasteiger partial charge on any atom is 0.372 e. The van der Waals surface area contributed by atoms with Crippen LogP contribution >= 0.6 is 0 Å². The molecule has 0 amide bonds. The summed E-state index contributed by atoms with van der Waals surface area (Å²) in [6.45, 7) is 3.78. The lowest BCUT2D eigenvalue weighted by atomic mass is 9.79. The summed E-state index contributed by atoms with van der Waals surface area (Å²) in [5, 5.41) is 8.70. The minimum atomic E-state index is -1.37. The van der Waals surface area contributed by atoms with Gasteiger partial charge in [-0.1, -0.05) is 19.9 Å². The number of hydrogen-bond acceptors (Lipinski definition) is 3. The summed E-state index contributed by atoms with van der Waals surface area (Å²) in [6, 6.07) is 0. The number of carbonyl (C=O) groups is 2. The van der Waals surface area contributed by atoms with Gasteiger partial charge in [0, 0.05) is 6.42 Å². The van der Waals surface area contributed by atoms with Crippen molar-refractivity contribution in [2.75, 3.05) is 0 Å². The molecule has 0 aromatic carbocycles. The Bertz CT molecular complexity index is 492. The van der Waals surface area contributed by atoms with Crippen molar-refractivity contribution in [1.29, 1.82) is 0 Å². The molecule has 0 fully saturated rings. The van der Waals surface area contributed by atoms with Crippen LogP contribution in [0.3, 0.4) is 0 Å². The van der Waals surface area contributed by atoms with Gasteiger partial charge in [-0.3, -0.25) is 4.79 Å². The third-order valence-corrected chi connectivity index (χ3v) is 3.43. The Hall–Kier alpha value is -1.84. The summed E-state index contributed by atoms with van der Waals surface area (Å²) >= 11 is 0. The van der Waals surface area contributed by atoms with E-state index in [1.54, 1.807) is 6.26 Å². The quantitative estimate of drug-likeness (QED) is 0.777. The number of carbonyl (C=O) groups excluding carboxylic acids is 1. The molecular weight excluding hydrogens is 232 g/mol. The van der Waals surface area contributed by atoms with E-state index >= 15 is 0 Å². The Morgan fingerprint density at radius 3 is 2.78 bits per heavy atom. The number of carboxylic acids is 1. The summed E-state index contributed by atoms with van der Waals surface area (Å²) in [5.41, 5.74) is 1.68. The van der Waals surface area contributed by atoms with Crippen LogP contribution in [0.5, 0.6) is 0 Å². The molecule has 18 heavy (non-hydrogen) atoms. The number of allylic oxidation sites excluding steroid dienone is 4. The van der Waals surface area contributed by atoms with Gasteiger partial charge in [-0.15, -0.1) is 0 Å². The molecular formula is C14H16O4. The Morgan fingerprint density at radius 2 is 2.11 bits per heavy atom. The lowest BCUT2D eigenvalue weighted by molar-refractivity contribution is -0.149. The van der Waals surface area contributed by atoms with Gasteiger partial charge in [0.25, 0.3) is 0 Å². The topological polar surface area (TPSA) is 63.6 Å². The van der Waals surface area contributed by atoms with Gasteiger partial charge in [0.15, 0.2) is 0 Å². The smallest absolute Gasteiger partial charge is 0.372 e. The van der Waals surface area contributed by atoms with Crippen molar-refractivity contribution in [2.24, 2.45) is 5.41 Å². The molecule has 2 aliphatic rings. The fraction of sp³-hybridized carbons (Fsp3) is 0.429. The highest BCUT2D eigenvalue weighted by Crippen LogP contribution is 2.45. The molecule has 96 valence electrons. The third kappa shape index (κ3) is 2.23. The molecule has 1 N–H and O–H groups in total. The fourth-order valence-corrected chi connectivity index (χ4v) is 2.48. The van der Waals surface area contributed by atoms with E-state index in [-0.39, 0.29) is 6.42 Å². The standard InChI is InChI=1S/C14H16O4/c1-14(2,8-11(15)13(16)17)10-6-5-9-4-3-7-18-12(9)10/h3-4,7H,5-6,8H2,1-2H3,(H,16,17). The van der Waals surface area contributed by atoms with Gasteiger partial charge in [-0.2, -0.15) is 0 Å². The van der Waals surface area contributed by atoms with Crippen LogP contribution < -0.4 is 0 Å². The summed E-state index contributed by atoms with van der Waals surface area (Å²) in [7, 11) is 0. The van der Waals surface area contributed by atoms with E-state index in [1.165, 1.54) is 0 Å². The van der Waals surface area contributed by atoms with E-state index in [9.17, 15) is 9.59 Å². The molecule has 0 aromatic rings. The summed E-state index contributed by atoms with van der Waals surface area (Å²) in [6.07, 6.45) is 7.17. The van der Waals surface area contributed by atoms with Gasteiger partial charge in [0.1, 0.15) is 5.76 Å². The minimum Gasteiger partial charge on any atom is -0.476 e. The van der Waals surface area contributed by atoms with Crippen LogP contribution in [0.2, 0.25) is 0 Å². The molecule has 4 heteroatoms. The van der Waals surface area contributed by atoms with Crippen LogP contribution in [0.4, 0.5) is 0 Å². The van der Waals surface area contributed by atoms with Crippen molar-refractivity contribution in [3.8, 4) is 0 Å². The average molecular weight is 248 g/mol. The SMILES string of the molecule is CC(C)(CC(=O)C(=O)O)C1=C2OC=CC=C2CC1. The molecule has 2 rings (SSSR count). The molecule has 0 unspecified atom stereocenters. The van der Waals surface area contributed by atoms with Gasteiger partial charge in [-0.05, 0) is 35.5 Å². The molecule has 0 aromatic heterocycles. The largest absolute Gasteiger partial charge is 0.476 e. The van der Waals surface area contributed by atoms with E-state index in [4.69, 9.17) is 9.84 Å². The Labute approximate surface area is 106 Å². The van der Waals surface area contributed by atoms with E-state index in [0.29, 0.717) is 0 Å². The molecule has 0 radical (unpaired) electrons. The Kier molecular flexibility index (Phi) is 3.11. The highest BCUT2D eigenvalue weighted by molar-refractivity contribution is 6.32. The first-order valence-electron chi connectivity index (χ1n) is 5.94. The van der Waals surface area contributed by atoms with Crippen molar-refractivity contribution in [3.63, 3.8) is 0 Å². The first-order valence-corrected chi connectivity index (χ1v) is 5.94. The van der Waals surface area contributed by atoms with Crippen LogP contribution in [0, 0.1) is 5.41 Å². The molecule has 0 bridgehead atoms. The van der Waals surface area contributed by atoms with Crippen molar-refractivity contribution in [3.05, 3.63) is 35.3 Å². The lowest BCUT2D eigenvalue weighted by Gasteiger charge is -2.26. The number of carboxylic acid groups (broad SMARTS) is 1. The zero-order valence-electron chi connectivity index (χ0n) is 10.5. The zero-order chi connectivity index (χ0) is 13.3. The van der Waals surface area contributed by atoms with Crippen molar-refractivity contribution in [1.82, 2.24) is 0 Å². The van der Waals surface area contributed by atoms with Gasteiger partial charge < -0.3 is 9.84 Å². The molecule has 4 nitrogen and oxygen atoms in total. The number of hydrogen-bond donors (Lipinski definition) is 1. The van der Waals surface area contributed by atoms with E-state index in [2.05, 4.69) is 0 Å². The minimum absolute atomic E-state index is 0.00151. The fourth-order valence-electron chi connectivity index (χ4n) is 2.48. The van der Waals surface area contributed by atoms with Crippen LogP contribution in [-0.4, -0.2) is 16.9 Å². The number of aliphatic carboxylic acids is 1. The van der Waals surface area contributed by atoms with Crippen LogP contribution in [0.25, 0.3) is 0 Å². The second kappa shape index (κ2) is 4.44. The van der Waals surface area contributed by atoms with Crippen molar-refractivity contribution >= 4 is 11.8 Å². The molecule has 0 saturated heterocycles. The van der Waals surface area contributed by atoms with Crippen molar-refractivity contribution in [2.45, 2.75) is 33.1 Å². The van der Waals surface area contributed by atoms with Gasteiger partial charge >= 0.3 is 5.97 Å². The normalized spacial score (nSPS) is 18.2. The number of ketones is 1. The second-order valence-corrected chi connectivity index (χ2v) is 5.23. The van der Waals surface area contributed by atoms with E-state index < -0.39 is 17.2 Å². The molecule has 1 aliphatic carbocycles. The summed E-state index contributed by atoms with van der Waals surface area (Å²) in [4.78, 5) is 22.0. The first kappa shape index (κ1) is 12.6. The van der Waals surface area contributed by atoms with Gasteiger partial charge in [-0.25, -0.2) is 4.79 Å².